The van der Waals surface area contributed by atoms with Crippen LogP contribution in [0.4, 0.5) is 5.69 Å². The first-order valence-corrected chi connectivity index (χ1v) is 10.4. The molecule has 0 aliphatic carbocycles. The second-order valence-corrected chi connectivity index (χ2v) is 9.16. The Morgan fingerprint density at radius 2 is 1.81 bits per heavy atom. The maximum Gasteiger partial charge on any atom is 0.250 e. The number of carbonyl (C=O) groups excluding carboxylic acids is 1. The summed E-state index contributed by atoms with van der Waals surface area (Å²) < 4.78 is 29.5. The number of piperidine rings is 1. The van der Waals surface area contributed by atoms with E-state index in [1.807, 2.05) is 6.07 Å². The molecule has 2 aliphatic heterocycles. The number of hydrogen-bond acceptors (Lipinski definition) is 4. The Kier molecular flexibility index (Phi) is 4.39. The van der Waals surface area contributed by atoms with Crippen LogP contribution in [-0.4, -0.2) is 36.3 Å². The Labute approximate surface area is 157 Å². The largest absolute Gasteiger partial charge is 0.326 e. The van der Waals surface area contributed by atoms with E-state index < -0.39 is 10.0 Å². The first-order valence-electron chi connectivity index (χ1n) is 8.92. The molecule has 1 amide bonds. The van der Waals surface area contributed by atoms with E-state index in [9.17, 15) is 18.0 Å². The smallest absolute Gasteiger partial charge is 0.250 e. The number of nitrogens with one attached hydrogen (secondary N) is 1. The molecule has 8 heteroatoms. The third kappa shape index (κ3) is 3.30. The highest BCUT2D eigenvalue weighted by atomic mass is 32.2. The minimum absolute atomic E-state index is 0.0212. The molecule has 1 saturated heterocycles. The van der Waals surface area contributed by atoms with Gasteiger partial charge in [0.1, 0.15) is 0 Å². The quantitative estimate of drug-likeness (QED) is 0.867. The van der Waals surface area contributed by atoms with Gasteiger partial charge < -0.3 is 9.88 Å². The normalized spacial score (nSPS) is 22.1. The number of benzene rings is 1. The maximum atomic E-state index is 13.1. The minimum atomic E-state index is -3.63. The van der Waals surface area contributed by atoms with Crippen molar-refractivity contribution in [1.29, 1.82) is 0 Å². The van der Waals surface area contributed by atoms with E-state index in [2.05, 4.69) is 5.32 Å². The first-order chi connectivity index (χ1) is 12.8. The minimum Gasteiger partial charge on any atom is -0.326 e. The van der Waals surface area contributed by atoms with Crippen LogP contribution in [0.2, 0.25) is 0 Å². The van der Waals surface area contributed by atoms with Gasteiger partial charge in [0.15, 0.2) is 0 Å². The predicted molar refractivity (Wildman–Crippen MR) is 101 cm³/mol. The van der Waals surface area contributed by atoms with Crippen molar-refractivity contribution < 1.29 is 13.2 Å². The van der Waals surface area contributed by atoms with Gasteiger partial charge in [-0.15, -0.1) is 0 Å². The molecule has 2 aliphatic rings. The molecule has 0 radical (unpaired) electrons. The molecular formula is C19H21N3O4S. The number of aromatic nitrogens is 1. The zero-order valence-corrected chi connectivity index (χ0v) is 15.8. The standard InChI is InChI=1S/C19H21N3O4S/c1-13(23)20-16-5-7-17(8-6-16)27(25,26)21-10-14-9-15(12-21)18-3-2-4-19(24)22(18)11-14/h2-8,14-15H,9-12H2,1H3,(H,20,23). The van der Waals surface area contributed by atoms with E-state index in [1.165, 1.54) is 23.4 Å². The van der Waals surface area contributed by atoms with Gasteiger partial charge >= 0.3 is 0 Å². The summed E-state index contributed by atoms with van der Waals surface area (Å²) in [4.78, 5) is 23.4. The number of sulfonamides is 1. The molecule has 2 unspecified atom stereocenters. The van der Waals surface area contributed by atoms with Crippen molar-refractivity contribution >= 4 is 21.6 Å². The Hall–Kier alpha value is -2.45. The van der Waals surface area contributed by atoms with E-state index >= 15 is 0 Å². The molecule has 4 rings (SSSR count). The second-order valence-electron chi connectivity index (χ2n) is 7.23. The van der Waals surface area contributed by atoms with Gasteiger partial charge in [-0.1, -0.05) is 6.07 Å². The SMILES string of the molecule is CC(=O)Nc1ccc(S(=O)(=O)N2CC3CC(C2)c2cccc(=O)n2C3)cc1. The average molecular weight is 387 g/mol. The van der Waals surface area contributed by atoms with E-state index in [0.717, 1.165) is 12.1 Å². The van der Waals surface area contributed by atoms with E-state index in [1.54, 1.807) is 28.8 Å². The molecule has 2 atom stereocenters. The fraction of sp³-hybridized carbons (Fsp3) is 0.368. The predicted octanol–water partition coefficient (Wildman–Crippen LogP) is 1.61. The maximum absolute atomic E-state index is 13.1. The van der Waals surface area contributed by atoms with Crippen molar-refractivity contribution in [2.75, 3.05) is 18.4 Å². The van der Waals surface area contributed by atoms with Gasteiger partial charge in [-0.3, -0.25) is 9.59 Å². The van der Waals surface area contributed by atoms with Crippen LogP contribution in [0.25, 0.3) is 0 Å². The monoisotopic (exact) mass is 387 g/mol. The molecule has 1 aromatic carbocycles. The van der Waals surface area contributed by atoms with Gasteiger partial charge in [-0.05, 0) is 42.7 Å². The van der Waals surface area contributed by atoms with Gasteiger partial charge in [-0.25, -0.2) is 8.42 Å². The van der Waals surface area contributed by atoms with Crippen LogP contribution in [0, 0.1) is 5.92 Å². The van der Waals surface area contributed by atoms with Gasteiger partial charge in [0.05, 0.1) is 4.90 Å². The fourth-order valence-corrected chi connectivity index (χ4v) is 5.67. The van der Waals surface area contributed by atoms with Gasteiger partial charge in [-0.2, -0.15) is 4.31 Å². The molecule has 1 N–H and O–H groups in total. The van der Waals surface area contributed by atoms with Crippen molar-refractivity contribution in [3.63, 3.8) is 0 Å². The lowest BCUT2D eigenvalue weighted by Gasteiger charge is -2.42. The molecule has 3 heterocycles. The third-order valence-electron chi connectivity index (χ3n) is 5.26. The Morgan fingerprint density at radius 3 is 2.52 bits per heavy atom. The highest BCUT2D eigenvalue weighted by Gasteiger charge is 2.39. The van der Waals surface area contributed by atoms with E-state index in [4.69, 9.17) is 0 Å². The van der Waals surface area contributed by atoms with Crippen LogP contribution in [0.15, 0.2) is 52.2 Å². The molecule has 142 valence electrons. The summed E-state index contributed by atoms with van der Waals surface area (Å²) in [6.45, 7) is 2.74. The molecule has 7 nitrogen and oxygen atoms in total. The van der Waals surface area contributed by atoms with Crippen molar-refractivity contribution in [1.82, 2.24) is 8.87 Å². The van der Waals surface area contributed by atoms with Crippen molar-refractivity contribution in [2.45, 2.75) is 30.7 Å². The summed E-state index contributed by atoms with van der Waals surface area (Å²) >= 11 is 0. The number of anilines is 1. The topological polar surface area (TPSA) is 88.5 Å². The van der Waals surface area contributed by atoms with Crippen molar-refractivity contribution in [3.8, 4) is 0 Å². The third-order valence-corrected chi connectivity index (χ3v) is 7.10. The zero-order chi connectivity index (χ0) is 19.2. The first kappa shape index (κ1) is 17.9. The summed E-state index contributed by atoms with van der Waals surface area (Å²) in [5, 5.41) is 2.63. The number of carbonyl (C=O) groups is 1. The number of hydrogen-bond donors (Lipinski definition) is 1. The average Bonchev–Trinajstić information content (AvgIpc) is 2.62. The lowest BCUT2D eigenvalue weighted by molar-refractivity contribution is -0.114. The second kappa shape index (κ2) is 6.61. The Balaban J connectivity index is 1.61. The van der Waals surface area contributed by atoms with Crippen LogP contribution in [0.3, 0.4) is 0 Å². The molecule has 1 aromatic heterocycles. The number of pyridine rings is 1. The van der Waals surface area contributed by atoms with E-state index in [0.29, 0.717) is 25.3 Å². The number of rotatable bonds is 3. The Bertz CT molecular complexity index is 1040. The van der Waals surface area contributed by atoms with Crippen LogP contribution >= 0.6 is 0 Å². The lowest BCUT2D eigenvalue weighted by Crippen LogP contribution is -2.48. The van der Waals surface area contributed by atoms with Gasteiger partial charge in [0, 0.05) is 49.9 Å². The number of amides is 1. The summed E-state index contributed by atoms with van der Waals surface area (Å²) in [5.74, 6) is -0.0482. The summed E-state index contributed by atoms with van der Waals surface area (Å²) in [7, 11) is -3.63. The van der Waals surface area contributed by atoms with Crippen LogP contribution in [-0.2, 0) is 21.4 Å². The summed E-state index contributed by atoms with van der Waals surface area (Å²) in [6, 6.07) is 11.4. The number of nitrogens with zero attached hydrogens (tertiary/aromatic N) is 2. The van der Waals surface area contributed by atoms with Gasteiger partial charge in [0.2, 0.25) is 15.9 Å². The number of fused-ring (bicyclic) bond motifs is 4. The highest BCUT2D eigenvalue weighted by molar-refractivity contribution is 7.89. The van der Waals surface area contributed by atoms with Crippen molar-refractivity contribution in [3.05, 3.63) is 58.5 Å². The summed E-state index contributed by atoms with van der Waals surface area (Å²) in [6.07, 6.45) is 0.900. The Morgan fingerprint density at radius 1 is 1.07 bits per heavy atom. The lowest BCUT2D eigenvalue weighted by atomic mass is 9.84. The molecule has 0 spiro atoms. The van der Waals surface area contributed by atoms with Crippen LogP contribution in [0.5, 0.6) is 0 Å². The molecule has 2 aromatic rings. The van der Waals surface area contributed by atoms with Crippen LogP contribution in [0.1, 0.15) is 25.0 Å². The summed E-state index contributed by atoms with van der Waals surface area (Å²) in [5.41, 5.74) is 1.46. The van der Waals surface area contributed by atoms with Gasteiger partial charge in [0.25, 0.3) is 5.56 Å². The molecule has 0 saturated carbocycles. The fourth-order valence-electron chi connectivity index (χ4n) is 4.11. The van der Waals surface area contributed by atoms with Crippen molar-refractivity contribution in [2.24, 2.45) is 5.92 Å². The molecule has 2 bridgehead atoms. The molecular weight excluding hydrogens is 366 g/mol. The van der Waals surface area contributed by atoms with Crippen LogP contribution < -0.4 is 10.9 Å². The highest BCUT2D eigenvalue weighted by Crippen LogP contribution is 2.37. The molecule has 27 heavy (non-hydrogen) atoms. The molecule has 1 fully saturated rings. The zero-order valence-electron chi connectivity index (χ0n) is 15.0. The van der Waals surface area contributed by atoms with E-state index in [-0.39, 0.29) is 28.2 Å².